The summed E-state index contributed by atoms with van der Waals surface area (Å²) in [5.41, 5.74) is 3.13. The smallest absolute Gasteiger partial charge is 0.410 e. The van der Waals surface area contributed by atoms with E-state index in [-0.39, 0.29) is 17.7 Å². The maximum atomic E-state index is 13.0. The first-order valence-corrected chi connectivity index (χ1v) is 14.9. The first-order valence-electron chi connectivity index (χ1n) is 14.1. The summed E-state index contributed by atoms with van der Waals surface area (Å²) in [5, 5.41) is 13.2. The summed E-state index contributed by atoms with van der Waals surface area (Å²) in [6, 6.07) is 16.0. The van der Waals surface area contributed by atoms with E-state index in [1.54, 1.807) is 4.90 Å². The molecule has 0 bridgehead atoms. The number of halogens is 2. The van der Waals surface area contributed by atoms with Gasteiger partial charge in [0.1, 0.15) is 17.2 Å². The minimum atomic E-state index is -0.635. The Morgan fingerprint density at radius 1 is 1.12 bits per heavy atom. The fourth-order valence-electron chi connectivity index (χ4n) is 5.97. The first-order chi connectivity index (χ1) is 20.1. The monoisotopic (exact) mass is 603 g/mol. The van der Waals surface area contributed by atoms with E-state index in [0.717, 1.165) is 51.4 Å². The molecule has 1 fully saturated rings. The van der Waals surface area contributed by atoms with Crippen LogP contribution in [0.2, 0.25) is 10.3 Å². The van der Waals surface area contributed by atoms with Gasteiger partial charge in [-0.15, -0.1) is 0 Å². The number of ether oxygens (including phenoxy) is 2. The Kier molecular flexibility index (Phi) is 7.50. The molecule has 3 heterocycles. The molecule has 1 atom stereocenters. The summed E-state index contributed by atoms with van der Waals surface area (Å²) in [7, 11) is 0. The van der Waals surface area contributed by atoms with Crippen LogP contribution in [0.4, 0.5) is 10.6 Å². The Labute approximate surface area is 254 Å². The number of piperazine rings is 1. The number of hydrogen-bond donors (Lipinski definition) is 0. The minimum absolute atomic E-state index is 0.113. The third kappa shape index (κ3) is 5.28. The van der Waals surface area contributed by atoms with E-state index in [1.807, 2.05) is 39.0 Å². The van der Waals surface area contributed by atoms with Crippen molar-refractivity contribution in [2.75, 3.05) is 31.1 Å². The fraction of sp³-hybridized carbons (Fsp3) is 0.375. The topological polar surface area (TPSA) is 91.6 Å². The van der Waals surface area contributed by atoms with Gasteiger partial charge in [0.15, 0.2) is 0 Å². The number of fused-ring (bicyclic) bond motifs is 4. The summed E-state index contributed by atoms with van der Waals surface area (Å²) in [5.74, 6) is 1.38. The molecule has 1 aromatic heterocycles. The van der Waals surface area contributed by atoms with Crippen LogP contribution in [-0.2, 0) is 11.2 Å². The van der Waals surface area contributed by atoms with Crippen molar-refractivity contribution in [3.8, 4) is 22.9 Å². The zero-order valence-corrected chi connectivity index (χ0v) is 25.3. The summed E-state index contributed by atoms with van der Waals surface area (Å²) in [6.45, 7) is 7.33. The van der Waals surface area contributed by atoms with Gasteiger partial charge in [-0.05, 0) is 73.9 Å². The van der Waals surface area contributed by atoms with Gasteiger partial charge in [-0.25, -0.2) is 9.78 Å². The van der Waals surface area contributed by atoms with Gasteiger partial charge in [0, 0.05) is 35.6 Å². The first kappa shape index (κ1) is 28.3. The molecule has 0 unspecified atom stereocenters. The van der Waals surface area contributed by atoms with Gasteiger partial charge in [0.05, 0.1) is 36.0 Å². The van der Waals surface area contributed by atoms with Crippen molar-refractivity contribution in [1.82, 2.24) is 14.9 Å². The molecule has 2 aliphatic rings. The van der Waals surface area contributed by atoms with Crippen LogP contribution in [0, 0.1) is 11.3 Å². The number of amides is 1. The van der Waals surface area contributed by atoms with Crippen LogP contribution >= 0.6 is 23.2 Å². The van der Waals surface area contributed by atoms with Gasteiger partial charge in [-0.2, -0.15) is 10.2 Å². The van der Waals surface area contributed by atoms with E-state index in [9.17, 15) is 10.1 Å². The van der Waals surface area contributed by atoms with E-state index < -0.39 is 11.7 Å². The Bertz CT molecular complexity index is 1740. The zero-order chi connectivity index (χ0) is 29.6. The van der Waals surface area contributed by atoms with Crippen molar-refractivity contribution in [3.63, 3.8) is 0 Å². The molecule has 216 valence electrons. The van der Waals surface area contributed by atoms with E-state index in [0.29, 0.717) is 42.6 Å². The maximum absolute atomic E-state index is 13.0. The molecule has 2 aliphatic heterocycles. The normalized spacial score (nSPS) is 17.1. The Balaban J connectivity index is 1.48. The molecule has 4 aromatic rings. The van der Waals surface area contributed by atoms with Crippen molar-refractivity contribution in [2.45, 2.75) is 51.7 Å². The number of nitriles is 1. The van der Waals surface area contributed by atoms with Crippen LogP contribution in [0.3, 0.4) is 0 Å². The van der Waals surface area contributed by atoms with Crippen molar-refractivity contribution >= 4 is 56.8 Å². The third-order valence-electron chi connectivity index (χ3n) is 7.70. The van der Waals surface area contributed by atoms with E-state index in [4.69, 9.17) is 32.7 Å². The molecule has 0 aliphatic carbocycles. The van der Waals surface area contributed by atoms with Gasteiger partial charge in [-0.3, -0.25) is 0 Å². The molecular formula is C32H31Cl2N5O3. The van der Waals surface area contributed by atoms with Crippen molar-refractivity contribution < 1.29 is 14.3 Å². The van der Waals surface area contributed by atoms with Gasteiger partial charge in [-0.1, -0.05) is 41.9 Å². The van der Waals surface area contributed by atoms with Crippen LogP contribution in [0.5, 0.6) is 5.75 Å². The standard InChI is InChI=1S/C32H31Cl2N5O3/c1-32(2,3)42-31(40)39-15-14-38(18-20(39)12-13-35)29-27-25(36-30(34)37-29)17-23(22-10-6-16-41-28(22)27)21-9-4-7-19-8-5-11-24(33)26(19)21/h4-5,7-9,11,17,20H,6,10,12,14-16,18H2,1-3H3/t20-/m0/s1. The minimum Gasteiger partial charge on any atom is -0.492 e. The predicted molar refractivity (Wildman–Crippen MR) is 165 cm³/mol. The Morgan fingerprint density at radius 3 is 2.67 bits per heavy atom. The zero-order valence-electron chi connectivity index (χ0n) is 23.8. The molecule has 3 aromatic carbocycles. The number of carbonyl (C=O) groups is 1. The number of hydrogen-bond acceptors (Lipinski definition) is 7. The summed E-state index contributed by atoms with van der Waals surface area (Å²) in [4.78, 5) is 26.0. The molecule has 42 heavy (non-hydrogen) atoms. The molecule has 1 saturated heterocycles. The maximum Gasteiger partial charge on any atom is 0.410 e. The van der Waals surface area contributed by atoms with E-state index in [1.165, 1.54) is 0 Å². The highest BCUT2D eigenvalue weighted by molar-refractivity contribution is 6.36. The third-order valence-corrected chi connectivity index (χ3v) is 8.18. The summed E-state index contributed by atoms with van der Waals surface area (Å²) >= 11 is 13.3. The largest absolute Gasteiger partial charge is 0.492 e. The molecular weight excluding hydrogens is 573 g/mol. The molecule has 6 rings (SSSR count). The number of rotatable bonds is 3. The second-order valence-corrected chi connectivity index (χ2v) is 12.4. The second kappa shape index (κ2) is 11.1. The Hall–Kier alpha value is -3.80. The average Bonchev–Trinajstić information content (AvgIpc) is 2.95. The quantitative estimate of drug-likeness (QED) is 0.225. The summed E-state index contributed by atoms with van der Waals surface area (Å²) < 4.78 is 12.0. The van der Waals surface area contributed by atoms with Crippen LogP contribution in [0.1, 0.15) is 39.2 Å². The van der Waals surface area contributed by atoms with Crippen LogP contribution in [0.25, 0.3) is 32.8 Å². The van der Waals surface area contributed by atoms with Crippen molar-refractivity contribution in [1.29, 1.82) is 5.26 Å². The molecule has 0 saturated carbocycles. The van der Waals surface area contributed by atoms with E-state index in [2.05, 4.69) is 45.2 Å². The molecule has 0 N–H and O–H groups in total. The van der Waals surface area contributed by atoms with Gasteiger partial charge in [0.2, 0.25) is 5.28 Å². The van der Waals surface area contributed by atoms with E-state index >= 15 is 0 Å². The van der Waals surface area contributed by atoms with Gasteiger partial charge < -0.3 is 19.3 Å². The lowest BCUT2D eigenvalue weighted by Crippen LogP contribution is -2.56. The van der Waals surface area contributed by atoms with Crippen LogP contribution in [0.15, 0.2) is 42.5 Å². The number of anilines is 1. The van der Waals surface area contributed by atoms with Crippen LogP contribution in [-0.4, -0.2) is 58.8 Å². The van der Waals surface area contributed by atoms with Crippen LogP contribution < -0.4 is 9.64 Å². The predicted octanol–water partition coefficient (Wildman–Crippen LogP) is 7.42. The average molecular weight is 605 g/mol. The lowest BCUT2D eigenvalue weighted by atomic mass is 9.89. The molecule has 1 amide bonds. The highest BCUT2D eigenvalue weighted by Gasteiger charge is 2.35. The lowest BCUT2D eigenvalue weighted by Gasteiger charge is -2.41. The number of carbonyl (C=O) groups excluding carboxylic acids is 1. The number of aromatic nitrogens is 2. The Morgan fingerprint density at radius 2 is 1.90 bits per heavy atom. The van der Waals surface area contributed by atoms with Gasteiger partial charge >= 0.3 is 6.09 Å². The van der Waals surface area contributed by atoms with Gasteiger partial charge in [0.25, 0.3) is 0 Å². The SMILES string of the molecule is CC(C)(C)OC(=O)N1CCN(c2nc(Cl)nc3cc(-c4cccc5cccc(Cl)c45)c4c(c23)OCCC4)C[C@@H]1CC#N. The number of nitrogens with zero attached hydrogens (tertiary/aromatic N) is 5. The highest BCUT2D eigenvalue weighted by Crippen LogP contribution is 2.46. The van der Waals surface area contributed by atoms with Crippen molar-refractivity contribution in [3.05, 3.63) is 58.3 Å². The number of benzene rings is 3. The molecule has 8 nitrogen and oxygen atoms in total. The highest BCUT2D eigenvalue weighted by atomic mass is 35.5. The summed E-state index contributed by atoms with van der Waals surface area (Å²) in [6.07, 6.45) is 1.44. The molecule has 0 spiro atoms. The molecule has 10 heteroatoms. The molecule has 0 radical (unpaired) electrons. The second-order valence-electron chi connectivity index (χ2n) is 11.7. The fourth-order valence-corrected chi connectivity index (χ4v) is 6.42. The lowest BCUT2D eigenvalue weighted by molar-refractivity contribution is 0.0145. The van der Waals surface area contributed by atoms with Crippen molar-refractivity contribution in [2.24, 2.45) is 0 Å².